The van der Waals surface area contributed by atoms with Crippen molar-refractivity contribution in [3.63, 3.8) is 0 Å². The van der Waals surface area contributed by atoms with Gasteiger partial charge >= 0.3 is 6.09 Å². The maximum absolute atomic E-state index is 13.0. The Morgan fingerprint density at radius 3 is 2.16 bits per heavy atom. The average molecular weight is 435 g/mol. The first-order valence-electron chi connectivity index (χ1n) is 10.1. The number of nitrogens with zero attached hydrogens (tertiary/aromatic N) is 1. The summed E-state index contributed by atoms with van der Waals surface area (Å²) in [5.41, 5.74) is 7.76. The van der Waals surface area contributed by atoms with Crippen molar-refractivity contribution in [2.45, 2.75) is 31.5 Å². The predicted octanol–water partition coefficient (Wildman–Crippen LogP) is 1.46. The third-order valence-electron chi connectivity index (χ3n) is 4.74. The quantitative estimate of drug-likeness (QED) is 0.382. The van der Waals surface area contributed by atoms with Crippen LogP contribution in [0, 0.1) is 0 Å². The number of primary amides is 1. The second kappa shape index (κ2) is 11.3. The van der Waals surface area contributed by atoms with E-state index in [4.69, 9.17) is 10.5 Å². The molecule has 1 heterocycles. The number of imidazole rings is 1. The van der Waals surface area contributed by atoms with Gasteiger partial charge in [-0.05, 0) is 11.1 Å². The lowest BCUT2D eigenvalue weighted by Crippen LogP contribution is -2.54. The van der Waals surface area contributed by atoms with E-state index in [0.717, 1.165) is 11.1 Å². The first-order chi connectivity index (χ1) is 15.5. The van der Waals surface area contributed by atoms with Gasteiger partial charge in [-0.1, -0.05) is 60.7 Å². The molecule has 5 N–H and O–H groups in total. The van der Waals surface area contributed by atoms with Crippen molar-refractivity contribution < 1.29 is 19.1 Å². The fraction of sp³-hybridized carbons (Fsp3) is 0.217. The van der Waals surface area contributed by atoms with Crippen molar-refractivity contribution in [2.24, 2.45) is 5.73 Å². The van der Waals surface area contributed by atoms with E-state index in [0.29, 0.717) is 5.69 Å². The number of aromatic nitrogens is 2. The molecule has 32 heavy (non-hydrogen) atoms. The lowest BCUT2D eigenvalue weighted by Gasteiger charge is -2.22. The Morgan fingerprint density at radius 1 is 0.906 bits per heavy atom. The summed E-state index contributed by atoms with van der Waals surface area (Å²) >= 11 is 0. The first kappa shape index (κ1) is 22.5. The smallest absolute Gasteiger partial charge is 0.408 e. The van der Waals surface area contributed by atoms with Crippen LogP contribution in [0.5, 0.6) is 0 Å². The molecule has 1 aromatic heterocycles. The monoisotopic (exact) mass is 435 g/mol. The summed E-state index contributed by atoms with van der Waals surface area (Å²) in [7, 11) is 0. The molecule has 0 saturated carbocycles. The van der Waals surface area contributed by atoms with Gasteiger partial charge in [0.1, 0.15) is 18.7 Å². The number of ether oxygens (including phenoxy) is 1. The molecule has 3 aromatic rings. The minimum atomic E-state index is -0.969. The molecule has 9 heteroatoms. The summed E-state index contributed by atoms with van der Waals surface area (Å²) in [4.78, 5) is 44.0. The number of carbonyl (C=O) groups excluding carboxylic acids is 3. The van der Waals surface area contributed by atoms with Crippen molar-refractivity contribution in [1.82, 2.24) is 20.6 Å². The number of alkyl carbamates (subject to hydrolysis) is 1. The molecule has 0 aliphatic carbocycles. The molecule has 0 spiro atoms. The third-order valence-corrected chi connectivity index (χ3v) is 4.74. The number of nitrogens with one attached hydrogen (secondary N) is 3. The van der Waals surface area contributed by atoms with Gasteiger partial charge in [-0.15, -0.1) is 0 Å². The number of benzene rings is 2. The molecule has 0 aliphatic heterocycles. The zero-order chi connectivity index (χ0) is 22.8. The molecule has 0 saturated heterocycles. The van der Waals surface area contributed by atoms with Gasteiger partial charge in [-0.25, -0.2) is 9.78 Å². The van der Waals surface area contributed by atoms with E-state index in [2.05, 4.69) is 20.6 Å². The minimum absolute atomic E-state index is 0.0656. The van der Waals surface area contributed by atoms with Gasteiger partial charge in [0, 0.05) is 24.7 Å². The standard InChI is InChI=1S/C23H25N5O4/c24-21(29)19(12-18-13-25-15-26-18)27-22(30)20(11-16-7-3-1-4-8-16)28-23(31)32-14-17-9-5-2-6-10-17/h1-10,13,15,19-20H,11-12,14H2,(H2,24,29)(H,25,26)(H,27,30)(H,28,31)/t19?,20-/m1/s1. The van der Waals surface area contributed by atoms with E-state index in [1.54, 1.807) is 6.20 Å². The summed E-state index contributed by atoms with van der Waals surface area (Å²) in [6.45, 7) is 0.0656. The highest BCUT2D eigenvalue weighted by Gasteiger charge is 2.27. The largest absolute Gasteiger partial charge is 0.445 e. The normalized spacial score (nSPS) is 12.4. The van der Waals surface area contributed by atoms with Crippen molar-refractivity contribution in [1.29, 1.82) is 0 Å². The number of nitrogens with two attached hydrogens (primary N) is 1. The number of H-pyrrole nitrogens is 1. The molecule has 0 aliphatic rings. The van der Waals surface area contributed by atoms with E-state index >= 15 is 0 Å². The van der Waals surface area contributed by atoms with Crippen molar-refractivity contribution >= 4 is 17.9 Å². The van der Waals surface area contributed by atoms with E-state index in [-0.39, 0.29) is 19.4 Å². The van der Waals surface area contributed by atoms with Crippen molar-refractivity contribution in [3.8, 4) is 0 Å². The van der Waals surface area contributed by atoms with Gasteiger partial charge in [-0.3, -0.25) is 9.59 Å². The Hall–Kier alpha value is -4.14. The van der Waals surface area contributed by atoms with Gasteiger partial charge < -0.3 is 26.1 Å². The molecular formula is C23H25N5O4. The van der Waals surface area contributed by atoms with Gasteiger partial charge in [-0.2, -0.15) is 0 Å². The third kappa shape index (κ3) is 6.98. The van der Waals surface area contributed by atoms with E-state index in [9.17, 15) is 14.4 Å². The van der Waals surface area contributed by atoms with Crippen LogP contribution in [0.25, 0.3) is 0 Å². The zero-order valence-electron chi connectivity index (χ0n) is 17.4. The molecule has 1 unspecified atom stereocenters. The molecule has 3 amide bonds. The van der Waals surface area contributed by atoms with E-state index < -0.39 is 30.0 Å². The maximum atomic E-state index is 13.0. The Labute approximate surface area is 185 Å². The number of rotatable bonds is 10. The van der Waals surface area contributed by atoms with Crippen LogP contribution >= 0.6 is 0 Å². The molecule has 166 valence electrons. The minimum Gasteiger partial charge on any atom is -0.445 e. The van der Waals surface area contributed by atoms with Crippen LogP contribution in [0.2, 0.25) is 0 Å². The highest BCUT2D eigenvalue weighted by Crippen LogP contribution is 2.07. The van der Waals surface area contributed by atoms with E-state index in [1.807, 2.05) is 60.7 Å². The second-order valence-electron chi connectivity index (χ2n) is 7.19. The number of carbonyl (C=O) groups is 3. The van der Waals surface area contributed by atoms with Crippen LogP contribution in [0.4, 0.5) is 4.79 Å². The zero-order valence-corrected chi connectivity index (χ0v) is 17.4. The number of aromatic amines is 1. The predicted molar refractivity (Wildman–Crippen MR) is 117 cm³/mol. The Kier molecular flexibility index (Phi) is 7.96. The first-order valence-corrected chi connectivity index (χ1v) is 10.1. The Balaban J connectivity index is 1.67. The molecule has 0 bridgehead atoms. The van der Waals surface area contributed by atoms with Crippen LogP contribution < -0.4 is 16.4 Å². The van der Waals surface area contributed by atoms with Gasteiger partial charge in [0.25, 0.3) is 0 Å². The summed E-state index contributed by atoms with van der Waals surface area (Å²) in [6.07, 6.45) is 2.63. The highest BCUT2D eigenvalue weighted by atomic mass is 16.5. The van der Waals surface area contributed by atoms with Crippen molar-refractivity contribution in [3.05, 3.63) is 90.0 Å². The fourth-order valence-corrected chi connectivity index (χ4v) is 3.08. The van der Waals surface area contributed by atoms with Crippen LogP contribution in [0.15, 0.2) is 73.2 Å². The van der Waals surface area contributed by atoms with E-state index in [1.165, 1.54) is 6.33 Å². The summed E-state index contributed by atoms with van der Waals surface area (Å²) < 4.78 is 5.25. The molecule has 3 rings (SSSR count). The molecule has 0 fully saturated rings. The SMILES string of the molecule is NC(=O)C(Cc1cnc[nH]1)NC(=O)[C@@H](Cc1ccccc1)NC(=O)OCc1ccccc1. The van der Waals surface area contributed by atoms with Crippen molar-refractivity contribution in [2.75, 3.05) is 0 Å². The topological polar surface area (TPSA) is 139 Å². The maximum Gasteiger partial charge on any atom is 0.408 e. The molecule has 0 radical (unpaired) electrons. The van der Waals surface area contributed by atoms with Crippen LogP contribution in [-0.2, 0) is 33.8 Å². The lowest BCUT2D eigenvalue weighted by molar-refractivity contribution is -0.128. The summed E-state index contributed by atoms with van der Waals surface area (Å²) in [5.74, 6) is -1.24. The average Bonchev–Trinajstić information content (AvgIpc) is 3.31. The highest BCUT2D eigenvalue weighted by molar-refractivity contribution is 5.91. The number of hydrogen-bond acceptors (Lipinski definition) is 5. The van der Waals surface area contributed by atoms with Gasteiger partial charge in [0.15, 0.2) is 0 Å². The summed E-state index contributed by atoms with van der Waals surface area (Å²) in [6, 6.07) is 16.5. The van der Waals surface area contributed by atoms with Gasteiger partial charge in [0.05, 0.1) is 6.33 Å². The molecule has 2 aromatic carbocycles. The van der Waals surface area contributed by atoms with Crippen LogP contribution in [-0.4, -0.2) is 40.0 Å². The second-order valence-corrected chi connectivity index (χ2v) is 7.19. The lowest BCUT2D eigenvalue weighted by atomic mass is 10.0. The molecule has 9 nitrogen and oxygen atoms in total. The Morgan fingerprint density at radius 2 is 1.56 bits per heavy atom. The number of hydrogen-bond donors (Lipinski definition) is 4. The van der Waals surface area contributed by atoms with Crippen LogP contribution in [0.3, 0.4) is 0 Å². The summed E-state index contributed by atoms with van der Waals surface area (Å²) in [5, 5.41) is 5.22. The number of amides is 3. The molecular weight excluding hydrogens is 410 g/mol. The Bertz CT molecular complexity index is 1010. The molecule has 2 atom stereocenters. The van der Waals surface area contributed by atoms with Gasteiger partial charge in [0.2, 0.25) is 11.8 Å². The van der Waals surface area contributed by atoms with Crippen LogP contribution in [0.1, 0.15) is 16.8 Å². The fourth-order valence-electron chi connectivity index (χ4n) is 3.08.